The van der Waals surface area contributed by atoms with Crippen molar-refractivity contribution >= 4 is 5.97 Å². The maximum atomic E-state index is 10.6. The first kappa shape index (κ1) is 11.1. The van der Waals surface area contributed by atoms with Crippen molar-refractivity contribution in [1.29, 1.82) is 0 Å². The molecule has 0 fully saturated rings. The van der Waals surface area contributed by atoms with Crippen LogP contribution >= 0.6 is 0 Å². The summed E-state index contributed by atoms with van der Waals surface area (Å²) in [6.07, 6.45) is 4.99. The largest absolute Gasteiger partial charge is 0.464 e. The van der Waals surface area contributed by atoms with Gasteiger partial charge < -0.3 is 10.5 Å². The molecule has 0 saturated heterocycles. The van der Waals surface area contributed by atoms with Gasteiger partial charge in [-0.3, -0.25) is 9.48 Å². The van der Waals surface area contributed by atoms with E-state index in [1.165, 1.54) is 12.6 Å². The molecule has 0 spiro atoms. The molecule has 0 radical (unpaired) electrons. The van der Waals surface area contributed by atoms with Crippen molar-refractivity contribution in [2.24, 2.45) is 5.73 Å². The van der Waals surface area contributed by atoms with Crippen molar-refractivity contribution in [2.45, 2.75) is 38.8 Å². The van der Waals surface area contributed by atoms with Gasteiger partial charge in [-0.15, -0.1) is 0 Å². The van der Waals surface area contributed by atoms with Crippen molar-refractivity contribution < 1.29 is 9.53 Å². The van der Waals surface area contributed by atoms with Crippen molar-refractivity contribution in [3.63, 3.8) is 0 Å². The average Bonchev–Trinajstić information content (AvgIpc) is 2.63. The number of carbonyl (C=O) groups is 1. The topological polar surface area (TPSA) is 70.1 Å². The number of fused-ring (bicyclic) bond motifs is 1. The SMILES string of the molecule is CC(=O)OCCn1ncc2c1CCC[C@H]2N. The minimum atomic E-state index is -0.252. The Kier molecular flexibility index (Phi) is 3.24. The molecule has 1 atom stereocenters. The summed E-state index contributed by atoms with van der Waals surface area (Å²) >= 11 is 0. The highest BCUT2D eigenvalue weighted by molar-refractivity contribution is 5.65. The summed E-state index contributed by atoms with van der Waals surface area (Å²) in [5, 5.41) is 4.29. The molecule has 1 aromatic heterocycles. The fourth-order valence-electron chi connectivity index (χ4n) is 2.12. The van der Waals surface area contributed by atoms with Gasteiger partial charge >= 0.3 is 5.97 Å². The molecule has 0 bridgehead atoms. The molecule has 5 nitrogen and oxygen atoms in total. The van der Waals surface area contributed by atoms with Gasteiger partial charge in [0, 0.05) is 24.2 Å². The molecule has 2 N–H and O–H groups in total. The lowest BCUT2D eigenvalue weighted by molar-refractivity contribution is -0.141. The Morgan fingerprint density at radius 3 is 3.31 bits per heavy atom. The number of ether oxygens (including phenoxy) is 1. The van der Waals surface area contributed by atoms with Crippen LogP contribution in [0.2, 0.25) is 0 Å². The van der Waals surface area contributed by atoms with E-state index in [-0.39, 0.29) is 12.0 Å². The van der Waals surface area contributed by atoms with Crippen LogP contribution in [0.1, 0.15) is 37.1 Å². The maximum absolute atomic E-state index is 10.6. The van der Waals surface area contributed by atoms with E-state index in [0.29, 0.717) is 13.2 Å². The van der Waals surface area contributed by atoms with E-state index in [2.05, 4.69) is 5.10 Å². The molecule has 0 aromatic carbocycles. The molecule has 0 amide bonds. The van der Waals surface area contributed by atoms with Gasteiger partial charge in [0.25, 0.3) is 0 Å². The zero-order chi connectivity index (χ0) is 11.5. The van der Waals surface area contributed by atoms with E-state index in [1.807, 2.05) is 10.9 Å². The highest BCUT2D eigenvalue weighted by Crippen LogP contribution is 2.27. The second-order valence-electron chi connectivity index (χ2n) is 4.11. The smallest absolute Gasteiger partial charge is 0.302 e. The van der Waals surface area contributed by atoms with Gasteiger partial charge in [-0.1, -0.05) is 0 Å². The summed E-state index contributed by atoms with van der Waals surface area (Å²) in [6, 6.07) is 0.117. The summed E-state index contributed by atoms with van der Waals surface area (Å²) in [5.41, 5.74) is 8.35. The molecular weight excluding hydrogens is 206 g/mol. The lowest BCUT2D eigenvalue weighted by atomic mass is 9.94. The Morgan fingerprint density at radius 1 is 1.75 bits per heavy atom. The second-order valence-corrected chi connectivity index (χ2v) is 4.11. The zero-order valence-corrected chi connectivity index (χ0v) is 9.48. The first-order valence-electron chi connectivity index (χ1n) is 5.62. The number of hydrogen-bond donors (Lipinski definition) is 1. The molecule has 1 aliphatic carbocycles. The third-order valence-electron chi connectivity index (χ3n) is 2.92. The quantitative estimate of drug-likeness (QED) is 0.769. The fraction of sp³-hybridized carbons (Fsp3) is 0.636. The lowest BCUT2D eigenvalue weighted by Crippen LogP contribution is -2.19. The van der Waals surface area contributed by atoms with Gasteiger partial charge in [0.2, 0.25) is 0 Å². The van der Waals surface area contributed by atoms with Crippen LogP contribution in [0.5, 0.6) is 0 Å². The van der Waals surface area contributed by atoms with Crippen molar-refractivity contribution in [3.05, 3.63) is 17.5 Å². The Bertz CT molecular complexity index is 387. The highest BCUT2D eigenvalue weighted by Gasteiger charge is 2.20. The molecule has 0 unspecified atom stereocenters. The van der Waals surface area contributed by atoms with Gasteiger partial charge in [0.15, 0.2) is 0 Å². The number of carbonyl (C=O) groups excluding carboxylic acids is 1. The Hall–Kier alpha value is -1.36. The molecule has 1 aromatic rings. The first-order valence-corrected chi connectivity index (χ1v) is 5.62. The summed E-state index contributed by atoms with van der Waals surface area (Å²) in [6.45, 7) is 2.40. The number of nitrogens with two attached hydrogens (primary N) is 1. The number of rotatable bonds is 3. The van der Waals surface area contributed by atoms with Gasteiger partial charge in [-0.25, -0.2) is 0 Å². The molecule has 2 rings (SSSR count). The Morgan fingerprint density at radius 2 is 2.56 bits per heavy atom. The number of nitrogens with zero attached hydrogens (tertiary/aromatic N) is 2. The maximum Gasteiger partial charge on any atom is 0.302 e. The normalized spacial score (nSPS) is 19.2. The highest BCUT2D eigenvalue weighted by atomic mass is 16.5. The summed E-state index contributed by atoms with van der Waals surface area (Å²) in [5.74, 6) is -0.252. The van der Waals surface area contributed by atoms with Crippen LogP contribution in [0.3, 0.4) is 0 Å². The zero-order valence-electron chi connectivity index (χ0n) is 9.48. The van der Waals surface area contributed by atoms with Gasteiger partial charge in [-0.2, -0.15) is 5.10 Å². The standard InChI is InChI=1S/C11H17N3O2/c1-8(15)16-6-5-14-11-4-2-3-10(12)9(11)7-13-14/h7,10H,2-6,12H2,1H3/t10-/m1/s1. The minimum Gasteiger partial charge on any atom is -0.464 e. The van der Waals surface area contributed by atoms with E-state index in [1.54, 1.807) is 0 Å². The lowest BCUT2D eigenvalue weighted by Gasteiger charge is -2.19. The van der Waals surface area contributed by atoms with Crippen molar-refractivity contribution in [1.82, 2.24) is 9.78 Å². The van der Waals surface area contributed by atoms with Crippen LogP contribution in [-0.2, 0) is 22.5 Å². The predicted octanol–water partition coefficient (Wildman–Crippen LogP) is 0.782. The number of aromatic nitrogens is 2. The molecule has 0 aliphatic heterocycles. The average molecular weight is 223 g/mol. The van der Waals surface area contributed by atoms with Crippen LogP contribution in [0.4, 0.5) is 0 Å². The van der Waals surface area contributed by atoms with Gasteiger partial charge in [0.05, 0.1) is 12.7 Å². The number of hydrogen-bond acceptors (Lipinski definition) is 4. The monoisotopic (exact) mass is 223 g/mol. The Labute approximate surface area is 94.6 Å². The molecule has 16 heavy (non-hydrogen) atoms. The molecule has 1 aliphatic rings. The van der Waals surface area contributed by atoms with E-state index in [0.717, 1.165) is 24.8 Å². The van der Waals surface area contributed by atoms with E-state index < -0.39 is 0 Å². The fourth-order valence-corrected chi connectivity index (χ4v) is 2.12. The van der Waals surface area contributed by atoms with Crippen molar-refractivity contribution in [3.8, 4) is 0 Å². The molecule has 5 heteroatoms. The van der Waals surface area contributed by atoms with E-state index >= 15 is 0 Å². The van der Waals surface area contributed by atoms with Crippen molar-refractivity contribution in [2.75, 3.05) is 6.61 Å². The predicted molar refractivity (Wildman–Crippen MR) is 58.7 cm³/mol. The van der Waals surface area contributed by atoms with Crippen LogP contribution in [-0.4, -0.2) is 22.4 Å². The summed E-state index contributed by atoms with van der Waals surface area (Å²) in [7, 11) is 0. The van der Waals surface area contributed by atoms with Crippen LogP contribution in [0, 0.1) is 0 Å². The summed E-state index contributed by atoms with van der Waals surface area (Å²) < 4.78 is 6.80. The molecular formula is C11H17N3O2. The second kappa shape index (κ2) is 4.65. The van der Waals surface area contributed by atoms with Gasteiger partial charge in [0.1, 0.15) is 6.61 Å². The third-order valence-corrected chi connectivity index (χ3v) is 2.92. The minimum absolute atomic E-state index is 0.117. The number of esters is 1. The Balaban J connectivity index is 2.02. The molecule has 88 valence electrons. The first-order chi connectivity index (χ1) is 7.68. The summed E-state index contributed by atoms with van der Waals surface area (Å²) in [4.78, 5) is 10.6. The third kappa shape index (κ3) is 2.24. The molecule has 0 saturated carbocycles. The van der Waals surface area contributed by atoms with Crippen LogP contribution in [0.15, 0.2) is 6.20 Å². The van der Waals surface area contributed by atoms with Gasteiger partial charge in [-0.05, 0) is 19.3 Å². The van der Waals surface area contributed by atoms with E-state index in [9.17, 15) is 4.79 Å². The van der Waals surface area contributed by atoms with Crippen LogP contribution < -0.4 is 5.73 Å². The van der Waals surface area contributed by atoms with E-state index in [4.69, 9.17) is 10.5 Å². The molecule has 1 heterocycles. The van der Waals surface area contributed by atoms with Crippen LogP contribution in [0.25, 0.3) is 0 Å².